The van der Waals surface area contributed by atoms with Gasteiger partial charge in [0.15, 0.2) is 0 Å². The maximum atomic E-state index is 13.3. The number of carbonyl (C=O) groups excluding carboxylic acids is 3. The fourth-order valence-corrected chi connectivity index (χ4v) is 11.8. The van der Waals surface area contributed by atoms with Crippen LogP contribution in [0.1, 0.15) is 363 Å². The molecule has 0 aliphatic heterocycles. The van der Waals surface area contributed by atoms with Gasteiger partial charge < -0.3 is 24.0 Å². The molecule has 3 unspecified atom stereocenters. The Balaban J connectivity index is 5.34. The van der Waals surface area contributed by atoms with Crippen LogP contribution in [0.25, 0.3) is 0 Å². The number of hydrogen-bond donors (Lipinski definition) is 0. The van der Waals surface area contributed by atoms with E-state index in [4.69, 9.17) is 14.2 Å². The first-order valence-corrected chi connectivity index (χ1v) is 35.5. The van der Waals surface area contributed by atoms with E-state index < -0.39 is 0 Å². The summed E-state index contributed by atoms with van der Waals surface area (Å²) in [6.45, 7) is 18.9. The molecule has 0 aromatic rings. The van der Waals surface area contributed by atoms with Crippen molar-refractivity contribution in [2.75, 3.05) is 53.6 Å². The lowest BCUT2D eigenvalue weighted by atomic mass is 9.94. The maximum absolute atomic E-state index is 13.3. The fourth-order valence-electron chi connectivity index (χ4n) is 11.8. The normalized spacial score (nSPS) is 13.3. The first-order valence-electron chi connectivity index (χ1n) is 35.5. The van der Waals surface area contributed by atoms with Crippen LogP contribution < -0.4 is 0 Å². The minimum absolute atomic E-state index is 0.0114. The van der Waals surface area contributed by atoms with E-state index in [1.54, 1.807) is 0 Å². The van der Waals surface area contributed by atoms with Gasteiger partial charge in [0.1, 0.15) is 0 Å². The zero-order valence-electron chi connectivity index (χ0n) is 54.8. The molecule has 8 nitrogen and oxygen atoms in total. The van der Waals surface area contributed by atoms with Gasteiger partial charge in [-0.2, -0.15) is 0 Å². The second-order valence-electron chi connectivity index (χ2n) is 25.3. The molecule has 0 amide bonds. The van der Waals surface area contributed by atoms with Gasteiger partial charge in [0.2, 0.25) is 0 Å². The molecule has 0 radical (unpaired) electrons. The fraction of sp³-hybridized carbons (Fsp3) is 0.958. The maximum Gasteiger partial charge on any atom is 0.308 e. The summed E-state index contributed by atoms with van der Waals surface area (Å²) in [5, 5.41) is 0. The highest BCUT2D eigenvalue weighted by molar-refractivity contribution is 5.72. The smallest absolute Gasteiger partial charge is 0.308 e. The number of nitrogens with zero attached hydrogens (tertiary/aromatic N) is 2. The molecule has 8 heteroatoms. The lowest BCUT2D eigenvalue weighted by molar-refractivity contribution is -0.149. The molecule has 0 bridgehead atoms. The summed E-state index contributed by atoms with van der Waals surface area (Å²) in [4.78, 5) is 44.0. The Morgan fingerprint density at radius 3 is 1.06 bits per heavy atom. The molecule has 3 atom stereocenters. The molecule has 79 heavy (non-hydrogen) atoms. The number of rotatable bonds is 64. The average molecular weight is 1120 g/mol. The zero-order valence-corrected chi connectivity index (χ0v) is 54.8. The SMILES string of the molecule is CCCCCCCCC(CCCCCC)C(=O)OCCCCCCN(CCCCN(C)C)C(CCCCCCCCC(=O)OCC(CCCC)CCCCCC)CCCCCCCCC(=O)OCC(CCCC)CCCCCC. The standard InChI is InChI=1S/C71H140N2O6/c1-9-15-21-25-30-40-54-67(53-39-24-18-12-4)71(76)77-62-48-36-35-45-60-73(61-47-46-59-72(7)8)68(55-41-31-26-28-33-43-57-69(74)78-63-65(49-19-13-5)51-37-22-16-10-2)56-42-32-27-29-34-44-58-70(75)79-64-66(50-20-14-6)52-38-23-17-11-3/h65-68H,9-64H2,1-8H3. The van der Waals surface area contributed by atoms with E-state index in [1.807, 2.05) is 0 Å². The Morgan fingerprint density at radius 1 is 0.316 bits per heavy atom. The molecular formula is C71H140N2O6. The van der Waals surface area contributed by atoms with Crippen LogP contribution in [0.4, 0.5) is 0 Å². The number of esters is 3. The molecule has 0 aliphatic rings. The van der Waals surface area contributed by atoms with Crippen LogP contribution in [0.2, 0.25) is 0 Å². The molecule has 0 rings (SSSR count). The van der Waals surface area contributed by atoms with Crippen molar-refractivity contribution in [2.24, 2.45) is 17.8 Å². The Labute approximate surface area is 494 Å². The molecule has 0 spiro atoms. The van der Waals surface area contributed by atoms with E-state index in [0.29, 0.717) is 50.5 Å². The summed E-state index contributed by atoms with van der Waals surface area (Å²) in [5.74, 6) is 1.23. The minimum Gasteiger partial charge on any atom is -0.465 e. The quantitative estimate of drug-likeness (QED) is 0.0338. The molecule has 0 aromatic carbocycles. The topological polar surface area (TPSA) is 85.4 Å². The van der Waals surface area contributed by atoms with Gasteiger partial charge in [-0.25, -0.2) is 0 Å². The van der Waals surface area contributed by atoms with Crippen LogP contribution in [0.15, 0.2) is 0 Å². The second-order valence-corrected chi connectivity index (χ2v) is 25.3. The number of unbranched alkanes of at least 4 members (excludes halogenated alkanes) is 30. The van der Waals surface area contributed by atoms with E-state index in [0.717, 1.165) is 77.3 Å². The van der Waals surface area contributed by atoms with Crippen molar-refractivity contribution in [3.63, 3.8) is 0 Å². The predicted molar refractivity (Wildman–Crippen MR) is 342 cm³/mol. The molecule has 0 aliphatic carbocycles. The lowest BCUT2D eigenvalue weighted by Crippen LogP contribution is -2.37. The van der Waals surface area contributed by atoms with E-state index >= 15 is 0 Å². The molecular weight excluding hydrogens is 977 g/mol. The van der Waals surface area contributed by atoms with Crippen molar-refractivity contribution in [2.45, 2.75) is 369 Å². The second kappa shape index (κ2) is 60.9. The van der Waals surface area contributed by atoms with Gasteiger partial charge in [0, 0.05) is 18.9 Å². The third-order valence-electron chi connectivity index (χ3n) is 17.2. The van der Waals surface area contributed by atoms with Crippen LogP contribution >= 0.6 is 0 Å². The van der Waals surface area contributed by atoms with Crippen molar-refractivity contribution in [3.05, 3.63) is 0 Å². The summed E-state index contributed by atoms with van der Waals surface area (Å²) in [6, 6.07) is 0.617. The zero-order chi connectivity index (χ0) is 57.9. The molecule has 0 saturated heterocycles. The van der Waals surface area contributed by atoms with Gasteiger partial charge in [-0.1, -0.05) is 260 Å². The van der Waals surface area contributed by atoms with E-state index in [1.165, 1.54) is 251 Å². The Kier molecular flexibility index (Phi) is 59.6. The van der Waals surface area contributed by atoms with Gasteiger partial charge in [-0.05, 0) is 135 Å². The molecule has 0 aromatic heterocycles. The van der Waals surface area contributed by atoms with Crippen LogP contribution in [-0.2, 0) is 28.6 Å². The summed E-state index contributed by atoms with van der Waals surface area (Å²) >= 11 is 0. The van der Waals surface area contributed by atoms with Crippen LogP contribution in [0.3, 0.4) is 0 Å². The van der Waals surface area contributed by atoms with Gasteiger partial charge in [-0.15, -0.1) is 0 Å². The number of carbonyl (C=O) groups is 3. The summed E-state index contributed by atoms with van der Waals surface area (Å²) in [5.41, 5.74) is 0. The molecule has 0 N–H and O–H groups in total. The molecule has 470 valence electrons. The largest absolute Gasteiger partial charge is 0.465 e. The van der Waals surface area contributed by atoms with Crippen LogP contribution in [-0.4, -0.2) is 87.3 Å². The van der Waals surface area contributed by atoms with Crippen LogP contribution in [0, 0.1) is 17.8 Å². The highest BCUT2D eigenvalue weighted by Crippen LogP contribution is 2.25. The average Bonchev–Trinajstić information content (AvgIpc) is 3.44. The first kappa shape index (κ1) is 77.3. The number of hydrogen-bond acceptors (Lipinski definition) is 8. The van der Waals surface area contributed by atoms with Crippen molar-refractivity contribution in [1.82, 2.24) is 9.80 Å². The predicted octanol–water partition coefficient (Wildman–Crippen LogP) is 21.3. The highest BCUT2D eigenvalue weighted by Gasteiger charge is 2.21. The Hall–Kier alpha value is -1.67. The number of ether oxygens (including phenoxy) is 3. The van der Waals surface area contributed by atoms with E-state index in [-0.39, 0.29) is 23.8 Å². The van der Waals surface area contributed by atoms with Crippen molar-refractivity contribution in [1.29, 1.82) is 0 Å². The van der Waals surface area contributed by atoms with Gasteiger partial charge in [0.25, 0.3) is 0 Å². The highest BCUT2D eigenvalue weighted by atomic mass is 16.5. The summed E-state index contributed by atoms with van der Waals surface area (Å²) < 4.78 is 17.7. The van der Waals surface area contributed by atoms with Gasteiger partial charge in [0.05, 0.1) is 25.7 Å². The van der Waals surface area contributed by atoms with Crippen molar-refractivity contribution >= 4 is 17.9 Å². The van der Waals surface area contributed by atoms with E-state index in [2.05, 4.69) is 65.4 Å². The van der Waals surface area contributed by atoms with Crippen molar-refractivity contribution in [3.8, 4) is 0 Å². The molecule has 0 saturated carbocycles. The Bertz CT molecular complexity index is 1220. The molecule has 0 fully saturated rings. The minimum atomic E-state index is 0.0114. The molecule has 0 heterocycles. The third-order valence-corrected chi connectivity index (χ3v) is 17.2. The Morgan fingerprint density at radius 2 is 0.633 bits per heavy atom. The summed E-state index contributed by atoms with van der Waals surface area (Å²) in [6.07, 6.45) is 59.1. The van der Waals surface area contributed by atoms with Crippen LogP contribution in [0.5, 0.6) is 0 Å². The van der Waals surface area contributed by atoms with E-state index in [9.17, 15) is 14.4 Å². The monoisotopic (exact) mass is 1120 g/mol. The summed E-state index contributed by atoms with van der Waals surface area (Å²) in [7, 11) is 4.39. The third kappa shape index (κ3) is 52.8. The van der Waals surface area contributed by atoms with Crippen molar-refractivity contribution < 1.29 is 28.6 Å². The van der Waals surface area contributed by atoms with Gasteiger partial charge in [-0.3, -0.25) is 14.4 Å². The first-order chi connectivity index (χ1) is 38.6. The lowest BCUT2D eigenvalue weighted by Gasteiger charge is -2.32. The van der Waals surface area contributed by atoms with Gasteiger partial charge >= 0.3 is 17.9 Å².